The standard InChI is InChI=1S/C20H35N5O2/c1-7-17(26)24-13-11-20(6,9-3)25(18(27)8-2)15-16-14-23(22-21-16)12-10-19(24,4)5/h14H,7-13,15H2,1-6H3. The fourth-order valence-corrected chi connectivity index (χ4v) is 3.79. The first kappa shape index (κ1) is 21.4. The highest BCUT2D eigenvalue weighted by atomic mass is 16.2. The van der Waals surface area contributed by atoms with Crippen LogP contribution in [0.5, 0.6) is 0 Å². The molecule has 1 aromatic rings. The first-order valence-corrected chi connectivity index (χ1v) is 10.2. The van der Waals surface area contributed by atoms with Gasteiger partial charge in [0.05, 0.1) is 12.7 Å². The maximum atomic E-state index is 12.8. The van der Waals surface area contributed by atoms with Gasteiger partial charge < -0.3 is 9.80 Å². The molecule has 0 fully saturated rings. The summed E-state index contributed by atoms with van der Waals surface area (Å²) >= 11 is 0. The molecule has 0 N–H and O–H groups in total. The number of carbonyl (C=O) groups excluding carboxylic acids is 2. The molecule has 1 aromatic heterocycles. The van der Waals surface area contributed by atoms with E-state index in [1.54, 1.807) is 0 Å². The number of rotatable bonds is 3. The van der Waals surface area contributed by atoms with Gasteiger partial charge in [0.25, 0.3) is 0 Å². The second-order valence-electron chi connectivity index (χ2n) is 8.37. The molecule has 2 bridgehead atoms. The van der Waals surface area contributed by atoms with Crippen molar-refractivity contribution in [3.05, 3.63) is 11.9 Å². The van der Waals surface area contributed by atoms with Gasteiger partial charge in [-0.2, -0.15) is 0 Å². The van der Waals surface area contributed by atoms with Gasteiger partial charge in [-0.1, -0.05) is 26.0 Å². The van der Waals surface area contributed by atoms with E-state index in [1.807, 2.05) is 34.5 Å². The number of aryl methyl sites for hydroxylation is 1. The maximum absolute atomic E-state index is 12.8. The fourth-order valence-electron chi connectivity index (χ4n) is 3.79. The van der Waals surface area contributed by atoms with Gasteiger partial charge in [-0.25, -0.2) is 0 Å². The van der Waals surface area contributed by atoms with Crippen molar-refractivity contribution in [1.82, 2.24) is 24.8 Å². The van der Waals surface area contributed by atoms with Gasteiger partial charge in [-0.3, -0.25) is 14.3 Å². The van der Waals surface area contributed by atoms with Crippen LogP contribution in [-0.2, 0) is 22.7 Å². The molecule has 2 heterocycles. The Kier molecular flexibility index (Phi) is 6.65. The lowest BCUT2D eigenvalue weighted by molar-refractivity contribution is -0.140. The van der Waals surface area contributed by atoms with Gasteiger partial charge in [-0.15, -0.1) is 5.10 Å². The highest BCUT2D eigenvalue weighted by Crippen LogP contribution is 2.30. The van der Waals surface area contributed by atoms with Gasteiger partial charge in [0, 0.05) is 37.0 Å². The number of hydrogen-bond acceptors (Lipinski definition) is 4. The summed E-state index contributed by atoms with van der Waals surface area (Å²) in [5.41, 5.74) is 0.196. The van der Waals surface area contributed by atoms with Crippen LogP contribution >= 0.6 is 0 Å². The van der Waals surface area contributed by atoms with Crippen LogP contribution in [0, 0.1) is 0 Å². The highest BCUT2D eigenvalue weighted by molar-refractivity contribution is 5.77. The Morgan fingerprint density at radius 3 is 2.22 bits per heavy atom. The van der Waals surface area contributed by atoms with Crippen molar-refractivity contribution in [1.29, 1.82) is 0 Å². The van der Waals surface area contributed by atoms with Crippen LogP contribution in [0.25, 0.3) is 0 Å². The van der Waals surface area contributed by atoms with E-state index < -0.39 is 0 Å². The molecule has 152 valence electrons. The average molecular weight is 378 g/mol. The van der Waals surface area contributed by atoms with Crippen LogP contribution in [-0.4, -0.2) is 54.2 Å². The molecule has 1 aliphatic rings. The van der Waals surface area contributed by atoms with E-state index in [4.69, 9.17) is 0 Å². The second kappa shape index (κ2) is 8.40. The van der Waals surface area contributed by atoms with Crippen LogP contribution in [0.15, 0.2) is 6.20 Å². The van der Waals surface area contributed by atoms with Crippen molar-refractivity contribution in [2.75, 3.05) is 6.54 Å². The number of amides is 2. The summed E-state index contributed by atoms with van der Waals surface area (Å²) < 4.78 is 1.82. The van der Waals surface area contributed by atoms with Gasteiger partial charge in [0.1, 0.15) is 5.69 Å². The highest BCUT2D eigenvalue weighted by Gasteiger charge is 2.37. The molecule has 2 amide bonds. The van der Waals surface area contributed by atoms with Crippen molar-refractivity contribution in [2.45, 2.75) is 97.8 Å². The zero-order chi connectivity index (χ0) is 20.2. The monoisotopic (exact) mass is 377 g/mol. The van der Waals surface area contributed by atoms with Crippen molar-refractivity contribution >= 4 is 11.8 Å². The largest absolute Gasteiger partial charge is 0.337 e. The molecule has 0 radical (unpaired) electrons. The van der Waals surface area contributed by atoms with E-state index in [1.165, 1.54) is 0 Å². The van der Waals surface area contributed by atoms with Crippen molar-refractivity contribution in [3.63, 3.8) is 0 Å². The van der Waals surface area contributed by atoms with Crippen molar-refractivity contribution < 1.29 is 9.59 Å². The first-order chi connectivity index (χ1) is 12.7. The van der Waals surface area contributed by atoms with Crippen molar-refractivity contribution in [2.24, 2.45) is 0 Å². The Morgan fingerprint density at radius 2 is 1.63 bits per heavy atom. The number of hydrogen-bond donors (Lipinski definition) is 0. The third kappa shape index (κ3) is 4.68. The van der Waals surface area contributed by atoms with Crippen molar-refractivity contribution in [3.8, 4) is 0 Å². The summed E-state index contributed by atoms with van der Waals surface area (Å²) in [6.07, 6.45) is 5.24. The van der Waals surface area contributed by atoms with Crippen LogP contribution in [0.2, 0.25) is 0 Å². The summed E-state index contributed by atoms with van der Waals surface area (Å²) in [7, 11) is 0. The lowest BCUT2D eigenvalue weighted by Gasteiger charge is -2.45. The Hall–Kier alpha value is -1.92. The van der Waals surface area contributed by atoms with Crippen LogP contribution in [0.3, 0.4) is 0 Å². The zero-order valence-electron chi connectivity index (χ0n) is 17.8. The lowest BCUT2D eigenvalue weighted by Crippen LogP contribution is -2.54. The molecular formula is C20H35N5O2. The molecule has 2 rings (SSSR count). The Morgan fingerprint density at radius 1 is 1.00 bits per heavy atom. The van der Waals surface area contributed by atoms with Crippen LogP contribution < -0.4 is 0 Å². The lowest BCUT2D eigenvalue weighted by atomic mass is 9.89. The van der Waals surface area contributed by atoms with E-state index in [-0.39, 0.29) is 22.9 Å². The molecule has 0 saturated heterocycles. The SMILES string of the molecule is CCC(=O)N1CCC(C)(CC)N(C(=O)CC)Cc2cn(nn2)CCC1(C)C. The van der Waals surface area contributed by atoms with Gasteiger partial charge in [0.2, 0.25) is 11.8 Å². The molecule has 1 aliphatic heterocycles. The Labute approximate surface area is 163 Å². The van der Waals surface area contributed by atoms with E-state index in [0.717, 1.165) is 25.0 Å². The van der Waals surface area contributed by atoms with Gasteiger partial charge in [0.15, 0.2) is 0 Å². The predicted octanol–water partition coefficient (Wildman–Crippen LogP) is 3.00. The predicted molar refractivity (Wildman–Crippen MR) is 105 cm³/mol. The number of carbonyl (C=O) groups is 2. The number of nitrogens with zero attached hydrogens (tertiary/aromatic N) is 5. The molecule has 0 aromatic carbocycles. The van der Waals surface area contributed by atoms with Gasteiger partial charge >= 0.3 is 0 Å². The molecule has 7 heteroatoms. The summed E-state index contributed by atoms with van der Waals surface area (Å²) in [5, 5.41) is 8.52. The molecule has 0 saturated carbocycles. The molecular weight excluding hydrogens is 342 g/mol. The first-order valence-electron chi connectivity index (χ1n) is 10.2. The molecule has 0 aliphatic carbocycles. The Balaban J connectivity index is 2.47. The summed E-state index contributed by atoms with van der Waals surface area (Å²) in [5.74, 6) is 0.266. The second-order valence-corrected chi connectivity index (χ2v) is 8.37. The zero-order valence-corrected chi connectivity index (χ0v) is 17.8. The number of fused-ring (bicyclic) bond motifs is 2. The van der Waals surface area contributed by atoms with E-state index in [0.29, 0.717) is 32.5 Å². The fraction of sp³-hybridized carbons (Fsp3) is 0.800. The minimum Gasteiger partial charge on any atom is -0.337 e. The average Bonchev–Trinajstić information content (AvgIpc) is 3.10. The molecule has 27 heavy (non-hydrogen) atoms. The molecule has 1 atom stereocenters. The Bertz CT molecular complexity index is 669. The molecule has 1 unspecified atom stereocenters. The summed E-state index contributed by atoms with van der Waals surface area (Å²) in [6.45, 7) is 14.1. The van der Waals surface area contributed by atoms with Crippen LogP contribution in [0.4, 0.5) is 0 Å². The minimum atomic E-state index is -0.335. The smallest absolute Gasteiger partial charge is 0.223 e. The number of aromatic nitrogens is 3. The minimum absolute atomic E-state index is 0.110. The summed E-state index contributed by atoms with van der Waals surface area (Å²) in [4.78, 5) is 29.4. The van der Waals surface area contributed by atoms with E-state index in [2.05, 4.69) is 38.0 Å². The summed E-state index contributed by atoms with van der Waals surface area (Å²) in [6, 6.07) is 0. The van der Waals surface area contributed by atoms with Crippen LogP contribution in [0.1, 0.15) is 79.3 Å². The third-order valence-electron chi connectivity index (χ3n) is 6.08. The molecule has 0 spiro atoms. The van der Waals surface area contributed by atoms with E-state index in [9.17, 15) is 9.59 Å². The third-order valence-corrected chi connectivity index (χ3v) is 6.08. The van der Waals surface area contributed by atoms with E-state index >= 15 is 0 Å². The normalized spacial score (nSPS) is 23.5. The topological polar surface area (TPSA) is 71.3 Å². The maximum Gasteiger partial charge on any atom is 0.223 e. The quantitative estimate of drug-likeness (QED) is 0.812. The van der Waals surface area contributed by atoms with Gasteiger partial charge in [-0.05, 0) is 40.0 Å². The molecule has 7 nitrogen and oxygen atoms in total.